The van der Waals surface area contributed by atoms with Crippen molar-refractivity contribution < 1.29 is 0 Å². The second-order valence-electron chi connectivity index (χ2n) is 8.05. The van der Waals surface area contributed by atoms with Gasteiger partial charge in [-0.05, 0) is 70.7 Å². The minimum absolute atomic E-state index is 0.0813. The average molecular weight is 429 g/mol. The van der Waals surface area contributed by atoms with Crippen LogP contribution in [0.3, 0.4) is 0 Å². The van der Waals surface area contributed by atoms with Crippen molar-refractivity contribution in [1.29, 1.82) is 0 Å². The van der Waals surface area contributed by atoms with Crippen molar-refractivity contribution in [3.8, 4) is 5.69 Å². The smallest absolute Gasteiger partial charge is 0.267 e. The molecule has 1 aliphatic rings. The normalized spacial score (nSPS) is 14.7. The zero-order chi connectivity index (χ0) is 20.5. The number of likely N-dealkylation sites (N-methyl/N-ethyl adjacent to an activating group) is 1. The van der Waals surface area contributed by atoms with Crippen LogP contribution in [0.4, 0.5) is 0 Å². The molecule has 4 rings (SSSR count). The molecule has 7 heteroatoms. The first kappa shape index (κ1) is 20.6. The van der Waals surface area contributed by atoms with Gasteiger partial charge in [0.05, 0.1) is 11.1 Å². The minimum atomic E-state index is 0.0813. The first-order valence-electron chi connectivity index (χ1n) is 10.0. The Labute approximate surface area is 180 Å². The topological polar surface area (TPSA) is 41.4 Å². The van der Waals surface area contributed by atoms with Crippen LogP contribution >= 0.6 is 23.1 Å². The third kappa shape index (κ3) is 4.28. The summed E-state index contributed by atoms with van der Waals surface area (Å²) in [5.41, 5.74) is 3.35. The molecule has 0 N–H and O–H groups in total. The van der Waals surface area contributed by atoms with Crippen molar-refractivity contribution in [2.45, 2.75) is 31.5 Å². The largest absolute Gasteiger partial charge is 0.309 e. The molecule has 0 fully saturated rings. The maximum absolute atomic E-state index is 13.7. The van der Waals surface area contributed by atoms with Gasteiger partial charge in [0.15, 0.2) is 5.16 Å². The lowest BCUT2D eigenvalue weighted by Gasteiger charge is -2.21. The number of fused-ring (bicyclic) bond motifs is 3. The lowest BCUT2D eigenvalue weighted by Crippen LogP contribution is -2.27. The number of rotatable bonds is 6. The van der Waals surface area contributed by atoms with Crippen molar-refractivity contribution in [2.75, 3.05) is 40.0 Å². The summed E-state index contributed by atoms with van der Waals surface area (Å²) in [6.07, 6.45) is 1.98. The average Bonchev–Trinajstić information content (AvgIpc) is 3.02. The Kier molecular flexibility index (Phi) is 6.11. The van der Waals surface area contributed by atoms with E-state index in [1.54, 1.807) is 23.1 Å². The second-order valence-corrected chi connectivity index (χ2v) is 10.2. The highest BCUT2D eigenvalue weighted by Gasteiger charge is 2.24. The molecule has 0 amide bonds. The molecule has 0 saturated heterocycles. The lowest BCUT2D eigenvalue weighted by atomic mass is 10.1. The standard InChI is InChI=1S/C22H28N4OS2/c1-15-7-5-8-16(13-15)26-21(27)19-17-9-11-25(4)14-18(17)29-20(19)23-22(26)28-12-6-10-24(2)3/h5,7-8,13H,6,9-12,14H2,1-4H3. The maximum Gasteiger partial charge on any atom is 0.267 e. The molecule has 0 aliphatic carbocycles. The molecule has 2 aromatic heterocycles. The summed E-state index contributed by atoms with van der Waals surface area (Å²) in [6, 6.07) is 8.16. The van der Waals surface area contributed by atoms with Crippen LogP contribution in [0.2, 0.25) is 0 Å². The predicted molar refractivity (Wildman–Crippen MR) is 124 cm³/mol. The van der Waals surface area contributed by atoms with Crippen molar-refractivity contribution >= 4 is 33.3 Å². The molecule has 29 heavy (non-hydrogen) atoms. The third-order valence-corrected chi connectivity index (χ3v) is 7.41. The van der Waals surface area contributed by atoms with Crippen LogP contribution < -0.4 is 5.56 Å². The Hall–Kier alpha value is -1.67. The molecule has 3 aromatic rings. The van der Waals surface area contributed by atoms with Gasteiger partial charge in [0, 0.05) is 23.7 Å². The fourth-order valence-electron chi connectivity index (χ4n) is 3.79. The molecule has 154 valence electrons. The van der Waals surface area contributed by atoms with Gasteiger partial charge in [-0.1, -0.05) is 23.9 Å². The fourth-order valence-corrected chi connectivity index (χ4v) is 6.06. The van der Waals surface area contributed by atoms with Gasteiger partial charge in [-0.15, -0.1) is 11.3 Å². The number of aryl methyl sites for hydroxylation is 1. The summed E-state index contributed by atoms with van der Waals surface area (Å²) < 4.78 is 1.83. The van der Waals surface area contributed by atoms with Crippen LogP contribution in [-0.4, -0.2) is 59.3 Å². The van der Waals surface area contributed by atoms with Crippen LogP contribution in [-0.2, 0) is 13.0 Å². The number of hydrogen-bond donors (Lipinski definition) is 0. The van der Waals surface area contributed by atoms with E-state index in [2.05, 4.69) is 50.0 Å². The van der Waals surface area contributed by atoms with E-state index in [0.717, 1.165) is 64.9 Å². The van der Waals surface area contributed by atoms with Gasteiger partial charge >= 0.3 is 0 Å². The Morgan fingerprint density at radius 1 is 1.31 bits per heavy atom. The Morgan fingerprint density at radius 3 is 2.90 bits per heavy atom. The predicted octanol–water partition coefficient (Wildman–Crippen LogP) is 3.79. The lowest BCUT2D eigenvalue weighted by molar-refractivity contribution is 0.318. The van der Waals surface area contributed by atoms with Gasteiger partial charge < -0.3 is 9.80 Å². The van der Waals surface area contributed by atoms with E-state index in [0.29, 0.717) is 0 Å². The van der Waals surface area contributed by atoms with Crippen LogP contribution in [0, 0.1) is 6.92 Å². The SMILES string of the molecule is Cc1cccc(-n2c(SCCCN(C)C)nc3sc4c(c3c2=O)CCN(C)C4)c1. The molecule has 5 nitrogen and oxygen atoms in total. The molecule has 0 spiro atoms. The van der Waals surface area contributed by atoms with E-state index in [4.69, 9.17) is 4.98 Å². The van der Waals surface area contributed by atoms with Crippen LogP contribution in [0.15, 0.2) is 34.2 Å². The molecular formula is C22H28N4OS2. The zero-order valence-corrected chi connectivity index (χ0v) is 19.2. The summed E-state index contributed by atoms with van der Waals surface area (Å²) in [7, 11) is 6.31. The number of hydrogen-bond acceptors (Lipinski definition) is 6. The first-order valence-corrected chi connectivity index (χ1v) is 11.8. The van der Waals surface area contributed by atoms with Crippen molar-refractivity contribution in [3.05, 3.63) is 50.6 Å². The molecule has 1 aliphatic heterocycles. The van der Waals surface area contributed by atoms with Crippen molar-refractivity contribution in [1.82, 2.24) is 19.4 Å². The number of nitrogens with zero attached hydrogens (tertiary/aromatic N) is 4. The quantitative estimate of drug-likeness (QED) is 0.339. The van der Waals surface area contributed by atoms with Gasteiger partial charge in [-0.3, -0.25) is 9.36 Å². The van der Waals surface area contributed by atoms with Crippen LogP contribution in [0.25, 0.3) is 15.9 Å². The van der Waals surface area contributed by atoms with E-state index < -0.39 is 0 Å². The van der Waals surface area contributed by atoms with Crippen LogP contribution in [0.5, 0.6) is 0 Å². The number of aromatic nitrogens is 2. The summed E-state index contributed by atoms with van der Waals surface area (Å²) in [6.45, 7) is 4.99. The maximum atomic E-state index is 13.7. The van der Waals surface area contributed by atoms with Crippen molar-refractivity contribution in [3.63, 3.8) is 0 Å². The molecule has 1 aromatic carbocycles. The molecule has 0 bridgehead atoms. The number of benzene rings is 1. The second kappa shape index (κ2) is 8.60. The molecule has 0 unspecified atom stereocenters. The van der Waals surface area contributed by atoms with Crippen molar-refractivity contribution in [2.24, 2.45) is 0 Å². The van der Waals surface area contributed by atoms with Gasteiger partial charge in [0.25, 0.3) is 5.56 Å². The zero-order valence-electron chi connectivity index (χ0n) is 17.6. The summed E-state index contributed by atoms with van der Waals surface area (Å²) in [5, 5.41) is 1.64. The molecule has 0 atom stereocenters. The molecule has 0 saturated carbocycles. The highest BCUT2D eigenvalue weighted by Crippen LogP contribution is 2.34. The molecule has 0 radical (unpaired) electrons. The van der Waals surface area contributed by atoms with E-state index in [9.17, 15) is 4.79 Å². The van der Waals surface area contributed by atoms with Gasteiger partial charge in [0.2, 0.25) is 0 Å². The summed E-state index contributed by atoms with van der Waals surface area (Å²) in [4.78, 5) is 25.4. The highest BCUT2D eigenvalue weighted by atomic mass is 32.2. The number of thioether (sulfide) groups is 1. The molecule has 3 heterocycles. The summed E-state index contributed by atoms with van der Waals surface area (Å²) in [5.74, 6) is 0.940. The fraction of sp³-hybridized carbons (Fsp3) is 0.455. The van der Waals surface area contributed by atoms with Crippen LogP contribution in [0.1, 0.15) is 22.4 Å². The minimum Gasteiger partial charge on any atom is -0.309 e. The third-order valence-electron chi connectivity index (χ3n) is 5.28. The Bertz CT molecular complexity index is 1090. The van der Waals surface area contributed by atoms with E-state index >= 15 is 0 Å². The molecular weight excluding hydrogens is 400 g/mol. The number of thiophene rings is 1. The van der Waals surface area contributed by atoms with Gasteiger partial charge in [0.1, 0.15) is 4.83 Å². The summed E-state index contributed by atoms with van der Waals surface area (Å²) >= 11 is 3.38. The van der Waals surface area contributed by atoms with E-state index in [1.165, 1.54) is 10.4 Å². The Morgan fingerprint density at radius 2 is 2.14 bits per heavy atom. The van der Waals surface area contributed by atoms with Gasteiger partial charge in [-0.25, -0.2) is 4.98 Å². The first-order chi connectivity index (χ1) is 13.9. The van der Waals surface area contributed by atoms with E-state index in [1.807, 2.05) is 16.7 Å². The van der Waals surface area contributed by atoms with E-state index in [-0.39, 0.29) is 5.56 Å². The monoisotopic (exact) mass is 428 g/mol. The highest BCUT2D eigenvalue weighted by molar-refractivity contribution is 7.99. The Balaban J connectivity index is 1.83. The van der Waals surface area contributed by atoms with Gasteiger partial charge in [-0.2, -0.15) is 0 Å².